The molecule has 0 bridgehead atoms. The second kappa shape index (κ2) is 11.0. The summed E-state index contributed by atoms with van der Waals surface area (Å²) < 4.78 is 29.3. The predicted octanol–water partition coefficient (Wildman–Crippen LogP) is 4.61. The Morgan fingerprint density at radius 1 is 1.24 bits per heavy atom. The van der Waals surface area contributed by atoms with Crippen molar-refractivity contribution in [2.24, 2.45) is 0 Å². The van der Waals surface area contributed by atoms with Gasteiger partial charge in [-0.05, 0) is 61.8 Å². The summed E-state index contributed by atoms with van der Waals surface area (Å²) in [6.07, 6.45) is 3.22. The number of amides is 1. The van der Waals surface area contributed by atoms with E-state index in [1.54, 1.807) is 34.2 Å². The highest BCUT2D eigenvalue weighted by Gasteiger charge is 2.42. The van der Waals surface area contributed by atoms with Crippen LogP contribution in [0.5, 0.6) is 0 Å². The van der Waals surface area contributed by atoms with Crippen LogP contribution in [0.15, 0.2) is 44.8 Å². The molecule has 0 N–H and O–H groups in total. The Hall–Kier alpha value is -1.50. The van der Waals surface area contributed by atoms with Crippen molar-refractivity contribution in [3.63, 3.8) is 0 Å². The number of hydrogen-bond acceptors (Lipinski definition) is 8. The summed E-state index contributed by atoms with van der Waals surface area (Å²) in [5.41, 5.74) is 0.855. The van der Waals surface area contributed by atoms with Gasteiger partial charge in [0.05, 0.1) is 10.2 Å². The van der Waals surface area contributed by atoms with Crippen LogP contribution in [-0.2, 0) is 14.8 Å². The Morgan fingerprint density at radius 3 is 2.71 bits per heavy atom. The molecule has 1 unspecified atom stereocenters. The van der Waals surface area contributed by atoms with Gasteiger partial charge in [-0.1, -0.05) is 31.3 Å². The number of likely N-dealkylation sites (N-methyl/N-ethyl adjacent to an activating group) is 1. The molecule has 0 radical (unpaired) electrons. The van der Waals surface area contributed by atoms with E-state index in [0.29, 0.717) is 37.6 Å². The van der Waals surface area contributed by atoms with Gasteiger partial charge in [-0.25, -0.2) is 13.4 Å². The number of hydrogen-bond donors (Lipinski definition) is 0. The quantitative estimate of drug-likeness (QED) is 0.351. The van der Waals surface area contributed by atoms with E-state index in [0.717, 1.165) is 28.2 Å². The normalized spacial score (nSPS) is 17.1. The van der Waals surface area contributed by atoms with Gasteiger partial charge >= 0.3 is 0 Å². The molecule has 1 fully saturated rings. The van der Waals surface area contributed by atoms with E-state index in [1.165, 1.54) is 27.0 Å². The first-order valence-electron chi connectivity index (χ1n) is 11.4. The molecule has 1 aliphatic heterocycles. The lowest BCUT2D eigenvalue weighted by molar-refractivity contribution is -0.121. The second-order valence-corrected chi connectivity index (χ2v) is 13.0. The summed E-state index contributed by atoms with van der Waals surface area (Å²) >= 11 is 4.35. The summed E-state index contributed by atoms with van der Waals surface area (Å²) in [6.45, 7) is 7.51. The van der Waals surface area contributed by atoms with E-state index in [4.69, 9.17) is 4.98 Å². The average molecular weight is 539 g/mol. The number of thiophene rings is 1. The summed E-state index contributed by atoms with van der Waals surface area (Å²) in [7, 11) is -3.71. The topological polar surface area (TPSA) is 73.8 Å². The van der Waals surface area contributed by atoms with Crippen molar-refractivity contribution in [3.05, 3.63) is 35.7 Å². The predicted molar refractivity (Wildman–Crippen MR) is 143 cm³/mol. The number of thiazole rings is 1. The second-order valence-electron chi connectivity index (χ2n) is 8.05. The Balaban J connectivity index is 1.67. The first-order valence-corrected chi connectivity index (χ1v) is 15.8. The van der Waals surface area contributed by atoms with Gasteiger partial charge in [-0.15, -0.1) is 23.1 Å². The number of fused-ring (bicyclic) bond motifs is 1. The zero-order chi connectivity index (χ0) is 24.3. The molecule has 0 aliphatic carbocycles. The maximum atomic E-state index is 13.9. The molecular weight excluding hydrogens is 509 g/mol. The van der Waals surface area contributed by atoms with Crippen molar-refractivity contribution in [1.82, 2.24) is 14.2 Å². The molecule has 34 heavy (non-hydrogen) atoms. The number of carbonyl (C=O) groups excluding carboxylic acids is 1. The van der Waals surface area contributed by atoms with Crippen LogP contribution >= 0.6 is 34.4 Å². The SMILES string of the molecule is CCN(CC)CCN(C(=O)C1CCCN1S(=O)(=O)c1cccs1)c1nc2ccc(SC)cc2s1. The van der Waals surface area contributed by atoms with Crippen LogP contribution in [0.2, 0.25) is 0 Å². The van der Waals surface area contributed by atoms with Gasteiger partial charge in [0.25, 0.3) is 10.0 Å². The number of anilines is 1. The molecule has 2 aromatic heterocycles. The Morgan fingerprint density at radius 2 is 2.03 bits per heavy atom. The van der Waals surface area contributed by atoms with E-state index in [-0.39, 0.29) is 10.1 Å². The van der Waals surface area contributed by atoms with E-state index in [1.807, 2.05) is 18.4 Å². The molecule has 0 spiro atoms. The Bertz CT molecular complexity index is 1220. The molecule has 7 nitrogen and oxygen atoms in total. The Labute approximate surface area is 213 Å². The third-order valence-electron chi connectivity index (χ3n) is 6.16. The highest BCUT2D eigenvalue weighted by atomic mass is 32.2. The van der Waals surface area contributed by atoms with Crippen molar-refractivity contribution in [2.75, 3.05) is 43.9 Å². The molecule has 3 aromatic rings. The van der Waals surface area contributed by atoms with Gasteiger partial charge in [0.1, 0.15) is 10.3 Å². The molecule has 0 saturated carbocycles. The maximum absolute atomic E-state index is 13.9. The van der Waals surface area contributed by atoms with Crippen molar-refractivity contribution in [3.8, 4) is 0 Å². The molecule has 4 rings (SSSR count). The third kappa shape index (κ3) is 5.19. The molecule has 1 aromatic carbocycles. The molecule has 1 amide bonds. The van der Waals surface area contributed by atoms with Crippen molar-refractivity contribution >= 4 is 65.7 Å². The minimum absolute atomic E-state index is 0.186. The lowest BCUT2D eigenvalue weighted by atomic mass is 10.2. The van der Waals surface area contributed by atoms with E-state index >= 15 is 0 Å². The van der Waals surface area contributed by atoms with Crippen LogP contribution in [0.4, 0.5) is 5.13 Å². The minimum Gasteiger partial charge on any atom is -0.302 e. The molecular formula is C23H30N4O3S4. The fourth-order valence-corrected chi connectivity index (χ4v) is 8.52. The zero-order valence-electron chi connectivity index (χ0n) is 19.6. The largest absolute Gasteiger partial charge is 0.302 e. The third-order valence-corrected chi connectivity index (χ3v) is 11.2. The van der Waals surface area contributed by atoms with E-state index in [2.05, 4.69) is 24.8 Å². The number of rotatable bonds is 10. The summed E-state index contributed by atoms with van der Waals surface area (Å²) in [5.74, 6) is -0.186. The fourth-order valence-electron chi connectivity index (χ4n) is 4.20. The standard InChI is InChI=1S/C23H30N4O3S4/c1-4-25(5-2)13-14-26(23-24-18-11-10-17(31-3)16-20(18)33-23)22(28)19-8-6-12-27(19)34(29,30)21-9-7-15-32-21/h7,9-11,15-16,19H,4-6,8,12-14H2,1-3H3. The molecule has 3 heterocycles. The number of carbonyl (C=O) groups is 1. The maximum Gasteiger partial charge on any atom is 0.253 e. The van der Waals surface area contributed by atoms with E-state index in [9.17, 15) is 13.2 Å². The highest BCUT2D eigenvalue weighted by Crippen LogP contribution is 2.34. The van der Waals surface area contributed by atoms with Gasteiger partial charge in [-0.2, -0.15) is 4.31 Å². The average Bonchev–Trinajstić information content (AvgIpc) is 3.61. The summed E-state index contributed by atoms with van der Waals surface area (Å²) in [5, 5.41) is 2.38. The van der Waals surface area contributed by atoms with Crippen LogP contribution in [-0.4, -0.2) is 73.5 Å². The molecule has 184 valence electrons. The van der Waals surface area contributed by atoms with Crippen LogP contribution in [0.1, 0.15) is 26.7 Å². The highest BCUT2D eigenvalue weighted by molar-refractivity contribution is 7.98. The van der Waals surface area contributed by atoms with E-state index < -0.39 is 16.1 Å². The summed E-state index contributed by atoms with van der Waals surface area (Å²) in [4.78, 5) is 23.8. The Kier molecular flexibility index (Phi) is 8.32. The monoisotopic (exact) mass is 538 g/mol. The number of nitrogens with zero attached hydrogens (tertiary/aromatic N) is 4. The first-order chi connectivity index (χ1) is 16.4. The molecule has 1 atom stereocenters. The first kappa shape index (κ1) is 25.6. The molecule has 1 saturated heterocycles. The van der Waals surface area contributed by atoms with Crippen molar-refractivity contribution < 1.29 is 13.2 Å². The minimum atomic E-state index is -3.71. The van der Waals surface area contributed by atoms with Crippen LogP contribution < -0.4 is 4.90 Å². The number of thioether (sulfide) groups is 1. The molecule has 1 aliphatic rings. The van der Waals surface area contributed by atoms with Gasteiger partial charge in [0.15, 0.2) is 5.13 Å². The van der Waals surface area contributed by atoms with Crippen LogP contribution in [0.25, 0.3) is 10.2 Å². The van der Waals surface area contributed by atoms with Gasteiger partial charge in [0.2, 0.25) is 5.91 Å². The zero-order valence-corrected chi connectivity index (χ0v) is 22.9. The number of sulfonamides is 1. The van der Waals surface area contributed by atoms with Gasteiger partial charge in [-0.3, -0.25) is 9.69 Å². The summed E-state index contributed by atoms with van der Waals surface area (Å²) in [6, 6.07) is 8.73. The van der Waals surface area contributed by atoms with Gasteiger partial charge in [0, 0.05) is 24.5 Å². The molecule has 11 heteroatoms. The van der Waals surface area contributed by atoms with Crippen LogP contribution in [0, 0.1) is 0 Å². The van der Waals surface area contributed by atoms with Crippen molar-refractivity contribution in [1.29, 1.82) is 0 Å². The number of benzene rings is 1. The lowest BCUT2D eigenvalue weighted by Gasteiger charge is -2.29. The van der Waals surface area contributed by atoms with Gasteiger partial charge < -0.3 is 4.90 Å². The van der Waals surface area contributed by atoms with Crippen LogP contribution in [0.3, 0.4) is 0 Å². The van der Waals surface area contributed by atoms with Crippen molar-refractivity contribution in [2.45, 2.75) is 41.8 Å². The lowest BCUT2D eigenvalue weighted by Crippen LogP contribution is -2.49. The fraction of sp³-hybridized carbons (Fsp3) is 0.478. The number of aromatic nitrogens is 1. The smallest absolute Gasteiger partial charge is 0.253 e.